The maximum atomic E-state index is 13.3. The standard InChI is InChI=1S/C15H17FN2O3S2/c16-12-3-1-2-10(7-12)6-11-8-22-9-13-14(17-18-15(11)13)4-5-23(19,20)21/h1-3,7,11H,4-6,8-9H2,(H,17,18)(H,19,20,21). The molecule has 3 rings (SSSR count). The maximum Gasteiger partial charge on any atom is 0.265 e. The summed E-state index contributed by atoms with van der Waals surface area (Å²) in [5.41, 5.74) is 3.63. The van der Waals surface area contributed by atoms with Gasteiger partial charge in [-0.1, -0.05) is 12.1 Å². The van der Waals surface area contributed by atoms with Crippen molar-refractivity contribution < 1.29 is 17.4 Å². The van der Waals surface area contributed by atoms with Gasteiger partial charge in [-0.15, -0.1) is 0 Å². The minimum absolute atomic E-state index is 0.168. The fraction of sp³-hybridized carbons (Fsp3) is 0.400. The first-order valence-electron chi connectivity index (χ1n) is 7.26. The van der Waals surface area contributed by atoms with Gasteiger partial charge < -0.3 is 0 Å². The molecule has 124 valence electrons. The molecule has 0 bridgehead atoms. The van der Waals surface area contributed by atoms with Crippen LogP contribution in [-0.4, -0.2) is 34.7 Å². The first-order chi connectivity index (χ1) is 10.9. The average molecular weight is 356 g/mol. The first kappa shape index (κ1) is 16.5. The molecule has 1 unspecified atom stereocenters. The van der Waals surface area contributed by atoms with E-state index in [-0.39, 0.29) is 23.9 Å². The second kappa shape index (κ2) is 6.62. The molecule has 5 nitrogen and oxygen atoms in total. The largest absolute Gasteiger partial charge is 0.286 e. The van der Waals surface area contributed by atoms with E-state index in [9.17, 15) is 12.8 Å². The van der Waals surface area contributed by atoms with Crippen LogP contribution in [0.5, 0.6) is 0 Å². The molecule has 1 aliphatic rings. The van der Waals surface area contributed by atoms with Crippen molar-refractivity contribution in [2.24, 2.45) is 0 Å². The van der Waals surface area contributed by atoms with E-state index < -0.39 is 10.1 Å². The number of H-pyrrole nitrogens is 1. The predicted octanol–water partition coefficient (Wildman–Crippen LogP) is 2.55. The number of nitrogens with one attached hydrogen (secondary N) is 1. The summed E-state index contributed by atoms with van der Waals surface area (Å²) in [6.07, 6.45) is 0.911. The van der Waals surface area contributed by atoms with Gasteiger partial charge >= 0.3 is 0 Å². The van der Waals surface area contributed by atoms with Gasteiger partial charge in [-0.2, -0.15) is 25.3 Å². The second-order valence-electron chi connectivity index (χ2n) is 5.65. The Labute approximate surface area is 138 Å². The molecule has 2 N–H and O–H groups in total. The van der Waals surface area contributed by atoms with Crippen molar-refractivity contribution in [3.8, 4) is 0 Å². The molecule has 23 heavy (non-hydrogen) atoms. The Morgan fingerprint density at radius 1 is 1.43 bits per heavy atom. The Balaban J connectivity index is 1.79. The molecule has 8 heteroatoms. The van der Waals surface area contributed by atoms with Gasteiger partial charge in [0.25, 0.3) is 10.1 Å². The lowest BCUT2D eigenvalue weighted by Gasteiger charge is -2.21. The molecule has 1 aliphatic heterocycles. The number of aromatic amines is 1. The van der Waals surface area contributed by atoms with Crippen LogP contribution in [0, 0.1) is 5.82 Å². The fourth-order valence-electron chi connectivity index (χ4n) is 2.84. The van der Waals surface area contributed by atoms with Crippen LogP contribution in [0.4, 0.5) is 4.39 Å². The highest BCUT2D eigenvalue weighted by atomic mass is 32.2. The molecule has 0 aliphatic carbocycles. The number of hydrogen-bond donors (Lipinski definition) is 2. The quantitative estimate of drug-likeness (QED) is 0.805. The van der Waals surface area contributed by atoms with Crippen LogP contribution in [0.15, 0.2) is 24.3 Å². The number of hydrogen-bond acceptors (Lipinski definition) is 4. The van der Waals surface area contributed by atoms with Crippen LogP contribution >= 0.6 is 11.8 Å². The van der Waals surface area contributed by atoms with Crippen molar-refractivity contribution in [2.45, 2.75) is 24.5 Å². The van der Waals surface area contributed by atoms with Crippen molar-refractivity contribution in [3.63, 3.8) is 0 Å². The summed E-state index contributed by atoms with van der Waals surface area (Å²) < 4.78 is 44.0. The van der Waals surface area contributed by atoms with Crippen LogP contribution in [0.1, 0.15) is 28.4 Å². The number of halogens is 1. The summed E-state index contributed by atoms with van der Waals surface area (Å²) in [5, 5.41) is 7.25. The summed E-state index contributed by atoms with van der Waals surface area (Å²) in [6, 6.07) is 6.55. The molecular weight excluding hydrogens is 339 g/mol. The Morgan fingerprint density at radius 2 is 2.26 bits per heavy atom. The normalized spacial score (nSPS) is 17.9. The zero-order chi connectivity index (χ0) is 16.4. The van der Waals surface area contributed by atoms with E-state index in [4.69, 9.17) is 4.55 Å². The molecule has 1 aromatic carbocycles. The van der Waals surface area contributed by atoms with Crippen LogP contribution < -0.4 is 0 Å². The van der Waals surface area contributed by atoms with Gasteiger partial charge in [-0.25, -0.2) is 4.39 Å². The Hall–Kier alpha value is -1.38. The van der Waals surface area contributed by atoms with Gasteiger partial charge in [0.2, 0.25) is 0 Å². The topological polar surface area (TPSA) is 83.0 Å². The summed E-state index contributed by atoms with van der Waals surface area (Å²) >= 11 is 1.76. The minimum Gasteiger partial charge on any atom is -0.286 e. The number of aromatic nitrogens is 2. The number of aryl methyl sites for hydroxylation is 1. The zero-order valence-electron chi connectivity index (χ0n) is 12.3. The van der Waals surface area contributed by atoms with Crippen molar-refractivity contribution in [3.05, 3.63) is 52.6 Å². The number of rotatable bonds is 5. The highest BCUT2D eigenvalue weighted by Crippen LogP contribution is 2.35. The fourth-order valence-corrected chi connectivity index (χ4v) is 4.51. The predicted molar refractivity (Wildman–Crippen MR) is 87.7 cm³/mol. The van der Waals surface area contributed by atoms with E-state index in [0.29, 0.717) is 6.42 Å². The minimum atomic E-state index is -3.99. The number of nitrogens with zero attached hydrogens (tertiary/aromatic N) is 1. The third-order valence-corrected chi connectivity index (χ3v) is 5.77. The molecule has 0 spiro atoms. The Kier molecular flexibility index (Phi) is 4.74. The number of thioether (sulfide) groups is 1. The third kappa shape index (κ3) is 4.13. The molecule has 2 aromatic rings. The van der Waals surface area contributed by atoms with Crippen LogP contribution in [0.3, 0.4) is 0 Å². The van der Waals surface area contributed by atoms with Crippen molar-refractivity contribution in [1.82, 2.24) is 10.2 Å². The molecule has 0 radical (unpaired) electrons. The zero-order valence-corrected chi connectivity index (χ0v) is 14.0. The first-order valence-corrected chi connectivity index (χ1v) is 10.0. The van der Waals surface area contributed by atoms with Crippen LogP contribution in [0.2, 0.25) is 0 Å². The summed E-state index contributed by atoms with van der Waals surface area (Å²) in [5.74, 6) is 1.27. The number of benzene rings is 1. The summed E-state index contributed by atoms with van der Waals surface area (Å²) in [7, 11) is -3.99. The average Bonchev–Trinajstić information content (AvgIpc) is 2.89. The molecule has 1 atom stereocenters. The van der Waals surface area contributed by atoms with Crippen molar-refractivity contribution in [1.29, 1.82) is 0 Å². The van der Waals surface area contributed by atoms with Crippen molar-refractivity contribution >= 4 is 21.9 Å². The van der Waals surface area contributed by atoms with Gasteiger partial charge in [0.1, 0.15) is 5.82 Å². The maximum absolute atomic E-state index is 13.3. The molecule has 0 saturated carbocycles. The second-order valence-corrected chi connectivity index (χ2v) is 8.25. The van der Waals surface area contributed by atoms with E-state index in [1.807, 2.05) is 6.07 Å². The smallest absolute Gasteiger partial charge is 0.265 e. The Morgan fingerprint density at radius 3 is 3.00 bits per heavy atom. The summed E-state index contributed by atoms with van der Waals surface area (Å²) in [6.45, 7) is 0. The molecule has 1 aromatic heterocycles. The highest BCUT2D eigenvalue weighted by Gasteiger charge is 2.26. The lowest BCUT2D eigenvalue weighted by molar-refractivity contribution is 0.482. The van der Waals surface area contributed by atoms with Crippen LogP contribution in [0.25, 0.3) is 0 Å². The van der Waals surface area contributed by atoms with Gasteiger partial charge in [0, 0.05) is 35.1 Å². The van der Waals surface area contributed by atoms with Crippen LogP contribution in [-0.2, 0) is 28.7 Å². The van der Waals surface area contributed by atoms with E-state index in [1.165, 1.54) is 12.1 Å². The Bertz CT molecular complexity index is 805. The van der Waals surface area contributed by atoms with Crippen molar-refractivity contribution in [2.75, 3.05) is 11.5 Å². The lowest BCUT2D eigenvalue weighted by atomic mass is 9.94. The monoisotopic (exact) mass is 356 g/mol. The molecule has 0 fully saturated rings. The van der Waals surface area contributed by atoms with E-state index >= 15 is 0 Å². The van der Waals surface area contributed by atoms with Gasteiger partial charge in [0.05, 0.1) is 11.4 Å². The molecule has 0 amide bonds. The van der Waals surface area contributed by atoms with E-state index in [0.717, 1.165) is 34.0 Å². The number of fused-ring (bicyclic) bond motifs is 1. The third-order valence-electron chi connectivity index (χ3n) is 3.92. The SMILES string of the molecule is O=S(=O)(O)CCc1[nH]nc2c1CSCC2Cc1cccc(F)c1. The van der Waals surface area contributed by atoms with Gasteiger partial charge in [0.15, 0.2) is 0 Å². The summed E-state index contributed by atoms with van der Waals surface area (Å²) in [4.78, 5) is 0. The highest BCUT2D eigenvalue weighted by molar-refractivity contribution is 7.98. The molecular formula is C15H17FN2O3S2. The van der Waals surface area contributed by atoms with Gasteiger partial charge in [-0.05, 0) is 24.1 Å². The van der Waals surface area contributed by atoms with E-state index in [2.05, 4.69) is 10.2 Å². The lowest BCUT2D eigenvalue weighted by Crippen LogP contribution is -2.14. The molecule has 0 saturated heterocycles. The van der Waals surface area contributed by atoms with E-state index in [1.54, 1.807) is 17.8 Å². The molecule has 2 heterocycles. The van der Waals surface area contributed by atoms with Gasteiger partial charge in [-0.3, -0.25) is 9.65 Å².